The van der Waals surface area contributed by atoms with Crippen LogP contribution in [0.5, 0.6) is 0 Å². The second-order valence-electron chi connectivity index (χ2n) is 11.6. The van der Waals surface area contributed by atoms with E-state index < -0.39 is 11.2 Å². The highest BCUT2D eigenvalue weighted by Crippen LogP contribution is 2.51. The van der Waals surface area contributed by atoms with Gasteiger partial charge in [-0.05, 0) is 67.0 Å². The van der Waals surface area contributed by atoms with Crippen LogP contribution >= 0.6 is 0 Å². The van der Waals surface area contributed by atoms with Crippen molar-refractivity contribution in [2.24, 2.45) is 5.73 Å². The van der Waals surface area contributed by atoms with Crippen LogP contribution in [0.4, 0.5) is 4.39 Å². The van der Waals surface area contributed by atoms with E-state index in [1.54, 1.807) is 19.3 Å². The number of nitrogens with one attached hydrogen (secondary N) is 1. The molecule has 2 aromatic carbocycles. The fourth-order valence-electron chi connectivity index (χ4n) is 6.96. The Kier molecular flexibility index (Phi) is 4.06. The van der Waals surface area contributed by atoms with E-state index in [1.165, 1.54) is 18.4 Å². The molecule has 4 heterocycles. The van der Waals surface area contributed by atoms with Crippen LogP contribution in [0.3, 0.4) is 0 Å². The summed E-state index contributed by atoms with van der Waals surface area (Å²) in [5.41, 5.74) is 11.4. The Balaban J connectivity index is 1.22. The predicted octanol–water partition coefficient (Wildman–Crippen LogP) is 4.82. The molecule has 8 heteroatoms. The molecule has 37 heavy (non-hydrogen) atoms. The van der Waals surface area contributed by atoms with Gasteiger partial charge in [0.05, 0.1) is 28.7 Å². The van der Waals surface area contributed by atoms with Crippen LogP contribution in [-0.4, -0.2) is 31.1 Å². The minimum atomic E-state index is -1.25. The van der Waals surface area contributed by atoms with Crippen molar-refractivity contribution in [2.45, 2.75) is 68.2 Å². The number of hydrogen-bond donors (Lipinski definition) is 2. The number of halogens is 1. The van der Waals surface area contributed by atoms with Crippen molar-refractivity contribution in [3.05, 3.63) is 77.1 Å². The van der Waals surface area contributed by atoms with Gasteiger partial charge in [-0.2, -0.15) is 0 Å². The molecule has 2 bridgehead atoms. The van der Waals surface area contributed by atoms with Crippen LogP contribution in [0.2, 0.25) is 0 Å². The Morgan fingerprint density at radius 3 is 2.62 bits per heavy atom. The van der Waals surface area contributed by atoms with Gasteiger partial charge in [-0.15, -0.1) is 0 Å². The number of aromatic nitrogens is 4. The largest absolute Gasteiger partial charge is 0.342 e. The predicted molar refractivity (Wildman–Crippen MR) is 137 cm³/mol. The first-order chi connectivity index (χ1) is 17.8. The van der Waals surface area contributed by atoms with E-state index in [-0.39, 0.29) is 30.8 Å². The molecule has 7 nitrogen and oxygen atoms in total. The molecule has 8 rings (SSSR count). The number of rotatable bonds is 3. The maximum absolute atomic E-state index is 14.1. The molecule has 186 valence electrons. The second kappa shape index (κ2) is 7.01. The molecule has 0 unspecified atom stereocenters. The number of carbonyl (C=O) groups excluding carboxylic acids is 1. The Morgan fingerprint density at radius 1 is 1.11 bits per heavy atom. The zero-order chi connectivity index (χ0) is 25.1. The quantitative estimate of drug-likeness (QED) is 0.425. The highest BCUT2D eigenvalue weighted by molar-refractivity contribution is 5.97. The molecule has 2 aliphatic carbocycles. The fourth-order valence-corrected chi connectivity index (χ4v) is 6.96. The van der Waals surface area contributed by atoms with E-state index in [0.29, 0.717) is 11.7 Å². The van der Waals surface area contributed by atoms with E-state index in [1.807, 2.05) is 24.3 Å². The van der Waals surface area contributed by atoms with Gasteiger partial charge >= 0.3 is 0 Å². The van der Waals surface area contributed by atoms with E-state index in [9.17, 15) is 9.18 Å². The summed E-state index contributed by atoms with van der Waals surface area (Å²) in [7, 11) is 0. The molecule has 1 amide bonds. The Morgan fingerprint density at radius 2 is 1.89 bits per heavy atom. The van der Waals surface area contributed by atoms with E-state index in [2.05, 4.69) is 32.0 Å². The van der Waals surface area contributed by atoms with Gasteiger partial charge < -0.3 is 15.6 Å². The van der Waals surface area contributed by atoms with Crippen molar-refractivity contribution in [1.29, 1.82) is 0 Å². The number of imidazole rings is 1. The number of nitrogens with zero attached hydrogens (tertiary/aromatic N) is 4. The summed E-state index contributed by atoms with van der Waals surface area (Å²) >= 11 is 0. The summed E-state index contributed by atoms with van der Waals surface area (Å²) in [4.78, 5) is 27.1. The first kappa shape index (κ1) is 21.4. The Hall–Kier alpha value is -3.65. The summed E-state index contributed by atoms with van der Waals surface area (Å²) < 4.78 is 16.4. The second-order valence-corrected chi connectivity index (χ2v) is 11.6. The van der Waals surface area contributed by atoms with Crippen molar-refractivity contribution in [2.75, 3.05) is 0 Å². The maximum atomic E-state index is 14.1. The molecule has 2 atom stereocenters. The van der Waals surface area contributed by atoms with E-state index in [4.69, 9.17) is 10.7 Å². The van der Waals surface area contributed by atoms with Gasteiger partial charge in [0, 0.05) is 36.4 Å². The fraction of sp³-hybridized carbons (Fsp3) is 0.379. The van der Waals surface area contributed by atoms with Gasteiger partial charge in [0.25, 0.3) is 5.91 Å². The van der Waals surface area contributed by atoms with Gasteiger partial charge in [-0.3, -0.25) is 4.79 Å². The number of benzene rings is 2. The zero-order valence-corrected chi connectivity index (χ0v) is 20.5. The van der Waals surface area contributed by atoms with Crippen LogP contribution < -0.4 is 11.1 Å². The van der Waals surface area contributed by atoms with Crippen LogP contribution in [0.15, 0.2) is 48.8 Å². The van der Waals surface area contributed by atoms with Crippen LogP contribution in [0.1, 0.15) is 90.2 Å². The van der Waals surface area contributed by atoms with E-state index >= 15 is 0 Å². The summed E-state index contributed by atoms with van der Waals surface area (Å²) in [6.07, 6.45) is 7.19. The average Bonchev–Trinajstić information content (AvgIpc) is 3.59. The highest BCUT2D eigenvalue weighted by Gasteiger charge is 2.53. The topological polar surface area (TPSA) is 98.7 Å². The first-order valence-electron chi connectivity index (χ1n) is 13.1. The minimum absolute atomic E-state index is 0.00144. The number of fused-ring (bicyclic) bond motifs is 9. The van der Waals surface area contributed by atoms with E-state index in [0.717, 1.165) is 45.5 Å². The van der Waals surface area contributed by atoms with Crippen LogP contribution in [-0.2, 0) is 5.54 Å². The van der Waals surface area contributed by atoms with Gasteiger partial charge in [-0.25, -0.2) is 19.3 Å². The van der Waals surface area contributed by atoms with Crippen molar-refractivity contribution in [1.82, 2.24) is 24.8 Å². The summed E-state index contributed by atoms with van der Waals surface area (Å²) in [6.45, 7) is 1.57. The van der Waals surface area contributed by atoms with Crippen molar-refractivity contribution < 1.29 is 9.18 Å². The number of alkyl halides is 1. The first-order valence-corrected chi connectivity index (χ1v) is 13.1. The molecular formula is C29H27FN6O. The molecule has 4 aliphatic rings. The lowest BCUT2D eigenvalue weighted by Crippen LogP contribution is -2.57. The highest BCUT2D eigenvalue weighted by atomic mass is 19.1. The molecule has 2 aliphatic heterocycles. The Bertz CT molecular complexity index is 1610. The maximum Gasteiger partial charge on any atom is 0.252 e. The van der Waals surface area contributed by atoms with Crippen molar-refractivity contribution in [3.63, 3.8) is 0 Å². The lowest BCUT2D eigenvalue weighted by Gasteiger charge is -2.46. The molecule has 2 aromatic heterocycles. The monoisotopic (exact) mass is 494 g/mol. The molecule has 3 N–H and O–H groups in total. The molecule has 4 aromatic rings. The third kappa shape index (κ3) is 3.08. The summed E-state index contributed by atoms with van der Waals surface area (Å²) in [5.74, 6) is 1.94. The summed E-state index contributed by atoms with van der Waals surface area (Å²) in [6, 6.07) is 12.3. The van der Waals surface area contributed by atoms with Crippen LogP contribution in [0.25, 0.3) is 22.2 Å². The number of carbonyl (C=O) groups is 1. The standard InChI is InChI=1S/C29H27FN6O/c1-28(30)13-29(31,14-28)27-32-11-17(12-33-27)16-7-8-20-22(9-16)36-23-10-21(25(36)34-20)35-26(37)19-4-2-3-18(24(19)23)15-5-6-15/h2-4,7-9,11-12,15,21,23H,5-6,10,13-14,31H2,1H3,(H,35,37)/t21-,23+,28?,29?/m0/s1. The molecule has 2 saturated carbocycles. The normalized spacial score (nSPS) is 29.9. The third-order valence-electron chi connectivity index (χ3n) is 8.64. The lowest BCUT2D eigenvalue weighted by atomic mass is 9.67. The molecule has 2 fully saturated rings. The third-order valence-corrected chi connectivity index (χ3v) is 8.64. The number of hydrogen-bond acceptors (Lipinski definition) is 5. The SMILES string of the molecule is CC1(F)CC(N)(c2ncc(-c3ccc4nc5n(c4c3)[C@@H]3C[C@@H]5NC(=O)c4cccc(C5CC5)c43)cn2)C1. The zero-order valence-electron chi connectivity index (χ0n) is 20.5. The van der Waals surface area contributed by atoms with Gasteiger partial charge in [0.1, 0.15) is 17.3 Å². The van der Waals surface area contributed by atoms with Crippen LogP contribution in [0, 0.1) is 0 Å². The van der Waals surface area contributed by atoms with Gasteiger partial charge in [0.15, 0.2) is 0 Å². The Labute approximate surface area is 213 Å². The van der Waals surface area contributed by atoms with Gasteiger partial charge in [-0.1, -0.05) is 18.2 Å². The lowest BCUT2D eigenvalue weighted by molar-refractivity contribution is -0.00337. The molecule has 0 saturated heterocycles. The number of amides is 1. The molecule has 0 spiro atoms. The molecule has 0 radical (unpaired) electrons. The molecular weight excluding hydrogens is 467 g/mol. The van der Waals surface area contributed by atoms with Crippen molar-refractivity contribution in [3.8, 4) is 11.1 Å². The van der Waals surface area contributed by atoms with Gasteiger partial charge in [0.2, 0.25) is 0 Å². The minimum Gasteiger partial charge on any atom is -0.342 e. The summed E-state index contributed by atoms with van der Waals surface area (Å²) in [5, 5.41) is 3.23. The smallest absolute Gasteiger partial charge is 0.252 e. The average molecular weight is 495 g/mol. The van der Waals surface area contributed by atoms with Crippen molar-refractivity contribution >= 4 is 16.9 Å². The number of nitrogens with two attached hydrogens (primary N) is 1.